The van der Waals surface area contributed by atoms with E-state index in [1.54, 1.807) is 24.3 Å². The number of hydrogen-bond donors (Lipinski definition) is 8. The van der Waals surface area contributed by atoms with Gasteiger partial charge >= 0.3 is 30.3 Å². The zero-order valence-corrected chi connectivity index (χ0v) is 86.4. The van der Waals surface area contributed by atoms with Crippen molar-refractivity contribution in [2.45, 2.75) is 167 Å². The number of piperidine rings is 4. The lowest BCUT2D eigenvalue weighted by atomic mass is 10.0. The van der Waals surface area contributed by atoms with Gasteiger partial charge in [0.05, 0.1) is 61.6 Å². The molecule has 9 N–H and O–H groups in total. The Bertz CT molecular complexity index is 4700. The molecule has 0 atom stereocenters. The summed E-state index contributed by atoms with van der Waals surface area (Å²) in [5.74, 6) is -5.21. The second-order valence-corrected chi connectivity index (χ2v) is 37.6. The van der Waals surface area contributed by atoms with E-state index in [1.165, 1.54) is 85.3 Å². The standard InChI is InChI=1S/C22H24Cl2F2N2O3.C19H28ClFN2O3.C14H20ClFN2O.C10H20N2O2.C9H9BrClFO.C8H6ClFO3.C6H4ClFO.C3H6Br2.C2HF3O2/c23-18-4-2-16(12-20(18)25)30-11-1-8-28-9-6-15(7-10-28)27-22(29)14-31-17-3-5-19(24)21(26)13-17;1-19(2,3)26-18(24)22-14-7-10-23(11-8-14)9-4-12-25-15-5-6-16(20)17(21)13-15;15-13-3-2-12(10-14(13)16)19-9-1-6-18-7-4-11(17)5-8-18;1-10(2,3)14-9(13)12-8-4-6-11-7-5-8;10-4-1-5-13-7-2-3-9(12)8(11)6-7;9-6-2-1-5(3-7(6)10)13-4-8(11)12;7-5-3-4(9)1-2-6(5)8;4-2-1-3-5;3-2(4,5)1(6)7/h2-5,12-13,15H,1,6-11,14H2,(H,27,29);5-6,13-14H,4,7-12H2,1-3H3,(H,22,24);2-3,10-11H,1,4-9,17H2;8,11H,4-7H2,1-3H3,(H,12,13);2-3,6H,1,4-5H2;1-3H,4H2,(H,11,12);1-3,9H;1-3H2;(H,6,7). The summed E-state index contributed by atoms with van der Waals surface area (Å²) in [6.07, 6.45) is 6.60. The van der Waals surface area contributed by atoms with Crippen LogP contribution in [-0.4, -0.2) is 229 Å². The average molecular weight is 2280 g/mol. The Morgan fingerprint density at radius 2 is 0.686 bits per heavy atom. The summed E-state index contributed by atoms with van der Waals surface area (Å²) in [6, 6.07) is 29.9. The van der Waals surface area contributed by atoms with Crippen LogP contribution in [0.5, 0.6) is 40.2 Å². The normalized spacial score (nSPS) is 14.3. The number of phenols is 1. The minimum absolute atomic E-state index is 0.00833. The van der Waals surface area contributed by atoms with Crippen molar-refractivity contribution in [3.63, 3.8) is 0 Å². The molecule has 0 radical (unpaired) electrons. The lowest BCUT2D eigenvalue weighted by molar-refractivity contribution is -0.192. The zero-order valence-electron chi connectivity index (χ0n) is 76.4. The van der Waals surface area contributed by atoms with Gasteiger partial charge in [-0.2, -0.15) is 13.2 Å². The molecule has 24 nitrogen and oxygen atoms in total. The Hall–Kier alpha value is -7.34. The van der Waals surface area contributed by atoms with Crippen LogP contribution in [0.1, 0.15) is 125 Å². The quantitative estimate of drug-likeness (QED) is 0.0118. The number of nitrogens with zero attached hydrogens (tertiary/aromatic N) is 3. The van der Waals surface area contributed by atoms with Crippen molar-refractivity contribution in [1.82, 2.24) is 36.0 Å². The Morgan fingerprint density at radius 3 is 0.985 bits per heavy atom. The van der Waals surface area contributed by atoms with E-state index in [4.69, 9.17) is 145 Å². The Labute approximate surface area is 853 Å². The number of carbonyl (C=O) groups is 5. The highest BCUT2D eigenvalue weighted by Crippen LogP contribution is 2.29. The maximum absolute atomic E-state index is 13.4. The molecule has 4 aliphatic heterocycles. The fraction of sp³-hybridized carbons (Fsp3) is 0.495. The number of likely N-dealkylation sites (tertiary alicyclic amines) is 3. The van der Waals surface area contributed by atoms with Crippen LogP contribution in [0, 0.1) is 40.7 Å². The number of nitrogens with two attached hydrogens (primary N) is 1. The maximum atomic E-state index is 13.4. The van der Waals surface area contributed by atoms with E-state index in [0.717, 1.165) is 189 Å². The van der Waals surface area contributed by atoms with Crippen molar-refractivity contribution in [2.75, 3.05) is 128 Å². The third-order valence-corrected chi connectivity index (χ3v) is 22.4. The monoisotopic (exact) mass is 2270 g/mol. The highest BCUT2D eigenvalue weighted by molar-refractivity contribution is 9.09. The minimum atomic E-state index is -5.08. The SMILES string of the molecule is BrCCCBr.CC(C)(C)OC(=O)NC1CCN(CCCOc2ccc(Cl)c(F)c2)CC1.CC(C)(C)OC(=O)NC1CCNCC1.Fc1ccc(OCCCBr)cc1Cl.NC1CCN(CCCOc2ccc(Cl)c(F)c2)CC1.O=C(COc1ccc(Cl)c(F)c1)NC1CCN(CCCOc2ccc(Cl)c(F)c2)CC1.O=C(O)C(F)(F)F.O=C(O)COc1ccc(Cl)c(F)c1.Oc1ccc(F)c(Cl)c1. The van der Waals surface area contributed by atoms with Crippen molar-refractivity contribution in [1.29, 1.82) is 0 Å². The molecule has 0 aromatic heterocycles. The molecule has 0 aliphatic carbocycles. The van der Waals surface area contributed by atoms with Crippen LogP contribution < -0.4 is 55.4 Å². The lowest BCUT2D eigenvalue weighted by Gasteiger charge is -2.32. The summed E-state index contributed by atoms with van der Waals surface area (Å²) in [5.41, 5.74) is 4.98. The smallest absolute Gasteiger partial charge is 0.490 e. The molecule has 7 aromatic rings. The van der Waals surface area contributed by atoms with Gasteiger partial charge in [0.2, 0.25) is 0 Å². The van der Waals surface area contributed by atoms with Crippen molar-refractivity contribution >= 4 is 159 Å². The molecule has 0 spiro atoms. The maximum Gasteiger partial charge on any atom is 0.490 e. The first-order valence-electron chi connectivity index (χ1n) is 43.4. The molecule has 4 aliphatic rings. The number of alkyl carbamates (subject to hydrolysis) is 2. The molecule has 4 fully saturated rings. The molecule has 0 bridgehead atoms. The first-order chi connectivity index (χ1) is 64.6. The number of carboxylic acid groups (broad SMARTS) is 2. The predicted molar refractivity (Wildman–Crippen MR) is 526 cm³/mol. The first kappa shape index (κ1) is 124. The first-order valence-corrected chi connectivity index (χ1v) is 49.4. The van der Waals surface area contributed by atoms with Gasteiger partial charge in [0.15, 0.2) is 13.2 Å². The molecule has 3 amide bonds. The van der Waals surface area contributed by atoms with Crippen LogP contribution in [0.25, 0.3) is 0 Å². The predicted octanol–water partition coefficient (Wildman–Crippen LogP) is 23.4. The summed E-state index contributed by atoms with van der Waals surface area (Å²) in [4.78, 5) is 61.3. The Balaban J connectivity index is 0.000000415. The minimum Gasteiger partial charge on any atom is -0.508 e. The van der Waals surface area contributed by atoms with E-state index in [1.807, 2.05) is 41.5 Å². The van der Waals surface area contributed by atoms with E-state index in [2.05, 4.69) is 83.8 Å². The second kappa shape index (κ2) is 68.0. The van der Waals surface area contributed by atoms with E-state index in [0.29, 0.717) is 55.5 Å². The van der Waals surface area contributed by atoms with Crippen molar-refractivity contribution in [2.24, 2.45) is 5.73 Å². The fourth-order valence-electron chi connectivity index (χ4n) is 11.9. The summed E-state index contributed by atoms with van der Waals surface area (Å²) < 4.78 is 165. The van der Waals surface area contributed by atoms with Gasteiger partial charge in [-0.1, -0.05) is 129 Å². The van der Waals surface area contributed by atoms with E-state index >= 15 is 0 Å². The Kier molecular flexibility index (Phi) is 61.4. The van der Waals surface area contributed by atoms with Gasteiger partial charge < -0.3 is 94.9 Å². The molecule has 7 aromatic carbocycles. The topological polar surface area (TPSA) is 304 Å². The molecular formula is C93H118Br3Cl7F10N8O16. The highest BCUT2D eigenvalue weighted by Gasteiger charge is 2.38. The molecular weight excluding hydrogens is 2160 g/mol. The van der Waals surface area contributed by atoms with Gasteiger partial charge in [0.1, 0.15) is 92.2 Å². The Morgan fingerprint density at radius 1 is 0.394 bits per heavy atom. The van der Waals surface area contributed by atoms with Gasteiger partial charge in [-0.15, -0.1) is 0 Å². The molecule has 11 rings (SSSR count). The third-order valence-electron chi connectivity index (χ3n) is 18.7. The molecule has 137 heavy (non-hydrogen) atoms. The number of amides is 3. The van der Waals surface area contributed by atoms with Crippen LogP contribution in [0.2, 0.25) is 35.2 Å². The zero-order chi connectivity index (χ0) is 102. The van der Waals surface area contributed by atoms with Crippen LogP contribution in [0.3, 0.4) is 0 Å². The van der Waals surface area contributed by atoms with Crippen LogP contribution in [0.15, 0.2) is 127 Å². The second-order valence-electron chi connectivity index (χ2n) is 32.4. The highest BCUT2D eigenvalue weighted by atomic mass is 79.9. The molecule has 0 saturated carbocycles. The van der Waals surface area contributed by atoms with Gasteiger partial charge in [-0.3, -0.25) is 4.79 Å². The largest absolute Gasteiger partial charge is 0.508 e. The number of aromatic hydroxyl groups is 1. The molecule has 4 heterocycles. The number of benzene rings is 7. The number of carboxylic acids is 2. The van der Waals surface area contributed by atoms with Gasteiger partial charge in [0, 0.05) is 128 Å². The average Bonchev–Trinajstić information content (AvgIpc) is 0.898. The number of rotatable bonds is 30. The number of aliphatic carboxylic acids is 2. The molecule has 0 unspecified atom stereocenters. The van der Waals surface area contributed by atoms with Crippen LogP contribution in [0.4, 0.5) is 53.5 Å². The van der Waals surface area contributed by atoms with Crippen molar-refractivity contribution in [3.8, 4) is 40.2 Å². The van der Waals surface area contributed by atoms with E-state index in [9.17, 15) is 63.1 Å². The molecule has 4 saturated heterocycles. The van der Waals surface area contributed by atoms with Gasteiger partial charge in [0.25, 0.3) is 5.91 Å². The number of hydrogen-bond acceptors (Lipinski definition) is 19. The summed E-state index contributed by atoms with van der Waals surface area (Å²) in [6.45, 7) is 23.1. The number of phenolic OH excluding ortho intramolecular Hbond substituents is 1. The summed E-state index contributed by atoms with van der Waals surface area (Å²) in [5, 5.41) is 39.5. The van der Waals surface area contributed by atoms with Crippen molar-refractivity contribution < 1.29 is 121 Å². The van der Waals surface area contributed by atoms with E-state index in [-0.39, 0.29) is 95.2 Å². The summed E-state index contributed by atoms with van der Waals surface area (Å²) >= 11 is 48.6. The van der Waals surface area contributed by atoms with Crippen LogP contribution >= 0.6 is 129 Å². The number of halogens is 20. The third kappa shape index (κ3) is 58.6. The fourth-order valence-corrected chi connectivity index (χ4v) is 14.3. The number of alkyl halides is 6. The van der Waals surface area contributed by atoms with E-state index < -0.39 is 76.6 Å². The van der Waals surface area contributed by atoms with Crippen molar-refractivity contribution in [3.05, 3.63) is 203 Å². The number of ether oxygens (including phenoxy) is 8. The molecule has 44 heteroatoms. The lowest BCUT2D eigenvalue weighted by Crippen LogP contribution is -2.46. The van der Waals surface area contributed by atoms with Gasteiger partial charge in [-0.05, 0) is 236 Å². The van der Waals surface area contributed by atoms with Crippen LogP contribution in [-0.2, 0) is 23.9 Å². The summed E-state index contributed by atoms with van der Waals surface area (Å²) in [7, 11) is 0. The number of carbonyl (C=O) groups excluding carboxylic acids is 3. The van der Waals surface area contributed by atoms with Gasteiger partial charge in [-0.25, -0.2) is 49.9 Å². The number of nitrogens with one attached hydrogen (secondary N) is 4. The molecule has 766 valence electrons.